The molecule has 1 aliphatic heterocycles. The van der Waals surface area contributed by atoms with Gasteiger partial charge in [0.1, 0.15) is 11.3 Å². The summed E-state index contributed by atoms with van der Waals surface area (Å²) in [5.41, 5.74) is 1.38. The number of benzene rings is 1. The van der Waals surface area contributed by atoms with Crippen molar-refractivity contribution in [2.75, 3.05) is 19.5 Å². The molecule has 0 aromatic heterocycles. The second kappa shape index (κ2) is 3.70. The fourth-order valence-electron chi connectivity index (χ4n) is 2.02. The van der Waals surface area contributed by atoms with Crippen molar-refractivity contribution in [3.8, 4) is 5.75 Å². The minimum atomic E-state index is -0.663. The molecule has 1 aromatic rings. The van der Waals surface area contributed by atoms with Gasteiger partial charge in [0.25, 0.3) is 0 Å². The largest absolute Gasteiger partial charge is 0.497 e. The molecule has 1 unspecified atom stereocenters. The summed E-state index contributed by atoms with van der Waals surface area (Å²) in [7, 11) is 3.02. The van der Waals surface area contributed by atoms with Crippen LogP contribution in [-0.2, 0) is 16.0 Å². The first-order valence-corrected chi connectivity index (χ1v) is 5.12. The van der Waals surface area contributed by atoms with Crippen LogP contribution in [0, 0.1) is 0 Å². The van der Waals surface area contributed by atoms with E-state index in [9.17, 15) is 4.79 Å². The van der Waals surface area contributed by atoms with E-state index in [0.717, 1.165) is 17.0 Å². The quantitative estimate of drug-likeness (QED) is 0.770. The van der Waals surface area contributed by atoms with E-state index >= 15 is 0 Å². The molecule has 0 amide bonds. The Bertz CT molecular complexity index is 430. The van der Waals surface area contributed by atoms with Gasteiger partial charge < -0.3 is 14.8 Å². The smallest absolute Gasteiger partial charge is 0.331 e. The number of anilines is 1. The number of ether oxygens (including phenoxy) is 2. The SMILES string of the molecule is COC(=O)C1(C)Cc2ccc(OC)cc2N1. The van der Waals surface area contributed by atoms with Crippen LogP contribution in [0.5, 0.6) is 5.75 Å². The van der Waals surface area contributed by atoms with E-state index in [-0.39, 0.29) is 5.97 Å². The van der Waals surface area contributed by atoms with Crippen LogP contribution in [0.1, 0.15) is 12.5 Å². The van der Waals surface area contributed by atoms with Gasteiger partial charge in [-0.1, -0.05) is 6.07 Å². The first-order valence-electron chi connectivity index (χ1n) is 5.12. The minimum absolute atomic E-state index is 0.248. The molecule has 86 valence electrons. The van der Waals surface area contributed by atoms with Crippen molar-refractivity contribution in [2.24, 2.45) is 0 Å². The van der Waals surface area contributed by atoms with Crippen LogP contribution < -0.4 is 10.1 Å². The molecular weight excluding hydrogens is 206 g/mol. The van der Waals surface area contributed by atoms with Crippen molar-refractivity contribution < 1.29 is 14.3 Å². The van der Waals surface area contributed by atoms with Gasteiger partial charge in [0.15, 0.2) is 0 Å². The highest BCUT2D eigenvalue weighted by molar-refractivity contribution is 5.87. The lowest BCUT2D eigenvalue weighted by atomic mass is 9.98. The first kappa shape index (κ1) is 10.8. The van der Waals surface area contributed by atoms with Crippen molar-refractivity contribution in [3.63, 3.8) is 0 Å². The molecule has 0 saturated carbocycles. The number of nitrogens with one attached hydrogen (secondary N) is 1. The summed E-state index contributed by atoms with van der Waals surface area (Å²) in [6.45, 7) is 1.84. The fourth-order valence-corrected chi connectivity index (χ4v) is 2.02. The number of carbonyl (C=O) groups excluding carboxylic acids is 1. The Labute approximate surface area is 94.6 Å². The van der Waals surface area contributed by atoms with E-state index in [1.165, 1.54) is 7.11 Å². The number of hydrogen-bond donors (Lipinski definition) is 1. The third-order valence-electron chi connectivity index (χ3n) is 2.91. The highest BCUT2D eigenvalue weighted by Gasteiger charge is 2.40. The lowest BCUT2D eigenvalue weighted by molar-refractivity contribution is -0.145. The maximum Gasteiger partial charge on any atom is 0.331 e. The average Bonchev–Trinajstić information content (AvgIpc) is 2.64. The molecule has 1 heterocycles. The molecule has 0 radical (unpaired) electrons. The van der Waals surface area contributed by atoms with Gasteiger partial charge in [-0.15, -0.1) is 0 Å². The molecule has 0 fully saturated rings. The number of carbonyl (C=O) groups is 1. The Balaban J connectivity index is 2.30. The second-order valence-electron chi connectivity index (χ2n) is 4.15. The van der Waals surface area contributed by atoms with Crippen LogP contribution in [0.25, 0.3) is 0 Å². The van der Waals surface area contributed by atoms with Gasteiger partial charge >= 0.3 is 5.97 Å². The lowest BCUT2D eigenvalue weighted by Gasteiger charge is -2.21. The Morgan fingerprint density at radius 3 is 2.81 bits per heavy atom. The van der Waals surface area contributed by atoms with Gasteiger partial charge in [-0.2, -0.15) is 0 Å². The Morgan fingerprint density at radius 2 is 2.19 bits per heavy atom. The van der Waals surface area contributed by atoms with Gasteiger partial charge in [0.05, 0.1) is 14.2 Å². The summed E-state index contributed by atoms with van der Waals surface area (Å²) in [5.74, 6) is 0.531. The van der Waals surface area contributed by atoms with Crippen LogP contribution in [-0.4, -0.2) is 25.7 Å². The minimum Gasteiger partial charge on any atom is -0.497 e. The standard InChI is InChI=1S/C12H15NO3/c1-12(11(14)16-3)7-8-4-5-9(15-2)6-10(8)13-12/h4-6,13H,7H2,1-3H3. The summed E-state index contributed by atoms with van der Waals surface area (Å²) in [5, 5.41) is 3.18. The van der Waals surface area contributed by atoms with Crippen LogP contribution in [0.3, 0.4) is 0 Å². The predicted octanol–water partition coefficient (Wildman–Crippen LogP) is 1.59. The van der Waals surface area contributed by atoms with E-state index in [2.05, 4.69) is 5.32 Å². The molecule has 1 aromatic carbocycles. The van der Waals surface area contributed by atoms with Gasteiger partial charge in [0, 0.05) is 18.2 Å². The van der Waals surface area contributed by atoms with Crippen molar-refractivity contribution >= 4 is 11.7 Å². The summed E-state index contributed by atoms with van der Waals surface area (Å²) in [6.07, 6.45) is 0.638. The van der Waals surface area contributed by atoms with Crippen LogP contribution >= 0.6 is 0 Å². The lowest BCUT2D eigenvalue weighted by Crippen LogP contribution is -2.42. The van der Waals surface area contributed by atoms with Crippen LogP contribution in [0.4, 0.5) is 5.69 Å². The van der Waals surface area contributed by atoms with Crippen LogP contribution in [0.2, 0.25) is 0 Å². The number of esters is 1. The third kappa shape index (κ3) is 1.60. The number of rotatable bonds is 2. The van der Waals surface area contributed by atoms with Gasteiger partial charge in [-0.05, 0) is 18.6 Å². The zero-order valence-corrected chi connectivity index (χ0v) is 9.66. The monoisotopic (exact) mass is 221 g/mol. The molecule has 2 rings (SSSR count). The first-order chi connectivity index (χ1) is 7.59. The summed E-state index contributed by atoms with van der Waals surface area (Å²) < 4.78 is 9.93. The molecule has 1 atom stereocenters. The zero-order valence-electron chi connectivity index (χ0n) is 9.66. The Morgan fingerprint density at radius 1 is 1.44 bits per heavy atom. The van der Waals surface area contributed by atoms with E-state index in [0.29, 0.717) is 6.42 Å². The second-order valence-corrected chi connectivity index (χ2v) is 4.15. The van der Waals surface area contributed by atoms with Crippen molar-refractivity contribution in [1.82, 2.24) is 0 Å². The number of fused-ring (bicyclic) bond motifs is 1. The third-order valence-corrected chi connectivity index (χ3v) is 2.91. The molecule has 4 nitrogen and oxygen atoms in total. The van der Waals surface area contributed by atoms with Crippen molar-refractivity contribution in [1.29, 1.82) is 0 Å². The van der Waals surface area contributed by atoms with Gasteiger partial charge in [-0.3, -0.25) is 0 Å². The van der Waals surface area contributed by atoms with Crippen molar-refractivity contribution in [2.45, 2.75) is 18.9 Å². The molecule has 0 bridgehead atoms. The van der Waals surface area contributed by atoms with E-state index in [1.54, 1.807) is 7.11 Å². The summed E-state index contributed by atoms with van der Waals surface area (Å²) in [6, 6.07) is 5.75. The highest BCUT2D eigenvalue weighted by atomic mass is 16.5. The summed E-state index contributed by atoms with van der Waals surface area (Å²) in [4.78, 5) is 11.6. The molecule has 0 aliphatic carbocycles. The normalized spacial score (nSPS) is 22.2. The van der Waals surface area contributed by atoms with E-state index < -0.39 is 5.54 Å². The van der Waals surface area contributed by atoms with Gasteiger partial charge in [0.2, 0.25) is 0 Å². The summed E-state index contributed by atoms with van der Waals surface area (Å²) >= 11 is 0. The zero-order chi connectivity index (χ0) is 11.8. The Kier molecular flexibility index (Phi) is 2.50. The molecule has 0 spiro atoms. The average molecular weight is 221 g/mol. The maximum absolute atomic E-state index is 11.6. The fraction of sp³-hybridized carbons (Fsp3) is 0.417. The number of methoxy groups -OCH3 is 2. The van der Waals surface area contributed by atoms with E-state index in [4.69, 9.17) is 9.47 Å². The molecule has 1 N–H and O–H groups in total. The predicted molar refractivity (Wildman–Crippen MR) is 60.7 cm³/mol. The highest BCUT2D eigenvalue weighted by Crippen LogP contribution is 2.35. The van der Waals surface area contributed by atoms with Gasteiger partial charge in [-0.25, -0.2) is 4.79 Å². The van der Waals surface area contributed by atoms with E-state index in [1.807, 2.05) is 25.1 Å². The number of hydrogen-bond acceptors (Lipinski definition) is 4. The van der Waals surface area contributed by atoms with Crippen molar-refractivity contribution in [3.05, 3.63) is 23.8 Å². The topological polar surface area (TPSA) is 47.6 Å². The molecule has 1 aliphatic rings. The molecule has 16 heavy (non-hydrogen) atoms. The maximum atomic E-state index is 11.6. The molecule has 0 saturated heterocycles. The molecular formula is C12H15NO3. The van der Waals surface area contributed by atoms with Crippen LogP contribution in [0.15, 0.2) is 18.2 Å². The molecule has 4 heteroatoms. The Hall–Kier alpha value is -1.71.